The summed E-state index contributed by atoms with van der Waals surface area (Å²) in [6.45, 7) is 3.77. The van der Waals surface area contributed by atoms with Gasteiger partial charge in [0.25, 0.3) is 0 Å². The second-order valence-electron chi connectivity index (χ2n) is 18.1. The molecule has 0 bridgehead atoms. The summed E-state index contributed by atoms with van der Waals surface area (Å²) in [5.74, 6) is -0.812. The van der Waals surface area contributed by atoms with Crippen molar-refractivity contribution in [2.75, 3.05) is 26.4 Å². The average Bonchev–Trinajstić information content (AvgIpc) is 3.25. The Bertz CT molecular complexity index is 969. The number of ether oxygens (including phenoxy) is 2. The first-order valence-corrected chi connectivity index (χ1v) is 28.0. The molecule has 0 amide bonds. The van der Waals surface area contributed by atoms with E-state index in [-0.39, 0.29) is 38.6 Å². The molecular formula is C51H102NO8P. The fraction of sp³-hybridized carbons (Fsp3) is 0.961. The van der Waals surface area contributed by atoms with Crippen LogP contribution in [0.3, 0.4) is 0 Å². The lowest BCUT2D eigenvalue weighted by molar-refractivity contribution is -0.161. The molecule has 9 nitrogen and oxygen atoms in total. The van der Waals surface area contributed by atoms with Crippen LogP contribution in [0.1, 0.15) is 284 Å². The maximum Gasteiger partial charge on any atom is 0.472 e. The summed E-state index contributed by atoms with van der Waals surface area (Å²) in [4.78, 5) is 34.9. The highest BCUT2D eigenvalue weighted by molar-refractivity contribution is 7.47. The van der Waals surface area contributed by atoms with E-state index in [0.717, 1.165) is 32.1 Å². The van der Waals surface area contributed by atoms with E-state index in [2.05, 4.69) is 13.8 Å². The molecule has 61 heavy (non-hydrogen) atoms. The van der Waals surface area contributed by atoms with E-state index >= 15 is 0 Å². The zero-order valence-corrected chi connectivity index (χ0v) is 41.3. The molecule has 3 N–H and O–H groups in total. The van der Waals surface area contributed by atoms with E-state index in [4.69, 9.17) is 24.3 Å². The summed E-state index contributed by atoms with van der Waals surface area (Å²) in [7, 11) is -4.37. The van der Waals surface area contributed by atoms with Crippen molar-refractivity contribution in [3.8, 4) is 0 Å². The minimum Gasteiger partial charge on any atom is -0.462 e. The van der Waals surface area contributed by atoms with Crippen LogP contribution in [-0.2, 0) is 32.7 Å². The molecule has 0 spiro atoms. The van der Waals surface area contributed by atoms with E-state index in [1.165, 1.54) is 218 Å². The molecule has 0 aromatic rings. The Balaban J connectivity index is 3.80. The quantitative estimate of drug-likeness (QED) is 0.0348. The third-order valence-corrected chi connectivity index (χ3v) is 13.0. The molecular weight excluding hydrogens is 786 g/mol. The van der Waals surface area contributed by atoms with E-state index in [1.807, 2.05) is 0 Å². The topological polar surface area (TPSA) is 134 Å². The predicted molar refractivity (Wildman–Crippen MR) is 257 cm³/mol. The number of carbonyl (C=O) groups excluding carboxylic acids is 2. The largest absolute Gasteiger partial charge is 0.472 e. The van der Waals surface area contributed by atoms with Gasteiger partial charge in [-0.3, -0.25) is 18.6 Å². The molecule has 0 aromatic heterocycles. The van der Waals surface area contributed by atoms with Gasteiger partial charge in [0.05, 0.1) is 13.2 Å². The van der Waals surface area contributed by atoms with Gasteiger partial charge < -0.3 is 20.1 Å². The van der Waals surface area contributed by atoms with E-state index < -0.39 is 26.5 Å². The van der Waals surface area contributed by atoms with Gasteiger partial charge in [0.1, 0.15) is 6.61 Å². The lowest BCUT2D eigenvalue weighted by Crippen LogP contribution is -2.29. The Kier molecular flexibility index (Phi) is 47.7. The predicted octanol–water partition coefficient (Wildman–Crippen LogP) is 16.0. The Morgan fingerprint density at radius 2 is 0.705 bits per heavy atom. The minimum atomic E-state index is -4.37. The van der Waals surface area contributed by atoms with E-state index in [9.17, 15) is 19.0 Å². The van der Waals surface area contributed by atoms with Crippen LogP contribution in [0.15, 0.2) is 0 Å². The van der Waals surface area contributed by atoms with Gasteiger partial charge in [-0.15, -0.1) is 0 Å². The lowest BCUT2D eigenvalue weighted by Gasteiger charge is -2.19. The molecule has 0 aliphatic rings. The molecule has 0 saturated carbocycles. The molecule has 0 fully saturated rings. The first-order chi connectivity index (χ1) is 29.8. The van der Waals surface area contributed by atoms with Crippen molar-refractivity contribution in [3.05, 3.63) is 0 Å². The van der Waals surface area contributed by atoms with Gasteiger partial charge in [0, 0.05) is 19.4 Å². The number of carbonyl (C=O) groups is 2. The number of phosphoric ester groups is 1. The minimum absolute atomic E-state index is 0.0581. The van der Waals surface area contributed by atoms with E-state index in [0.29, 0.717) is 6.42 Å². The Morgan fingerprint density at radius 1 is 0.426 bits per heavy atom. The Hall–Kier alpha value is -0.990. The maximum absolute atomic E-state index is 12.6. The summed E-state index contributed by atoms with van der Waals surface area (Å²) >= 11 is 0. The van der Waals surface area contributed by atoms with Crippen LogP contribution in [0.5, 0.6) is 0 Å². The first-order valence-electron chi connectivity index (χ1n) is 26.5. The summed E-state index contributed by atoms with van der Waals surface area (Å²) in [6.07, 6.45) is 51.8. The molecule has 0 radical (unpaired) electrons. The van der Waals surface area contributed by atoms with Crippen LogP contribution in [0.2, 0.25) is 0 Å². The van der Waals surface area contributed by atoms with Crippen LogP contribution in [0, 0.1) is 0 Å². The lowest BCUT2D eigenvalue weighted by atomic mass is 10.0. The van der Waals surface area contributed by atoms with Crippen LogP contribution >= 0.6 is 7.82 Å². The fourth-order valence-electron chi connectivity index (χ4n) is 8.05. The van der Waals surface area contributed by atoms with Crippen LogP contribution in [-0.4, -0.2) is 49.3 Å². The average molecular weight is 888 g/mol. The van der Waals surface area contributed by atoms with Gasteiger partial charge in [-0.1, -0.05) is 258 Å². The summed E-state index contributed by atoms with van der Waals surface area (Å²) in [5.41, 5.74) is 5.36. The highest BCUT2D eigenvalue weighted by Gasteiger charge is 2.26. The van der Waals surface area contributed by atoms with Crippen molar-refractivity contribution < 1.29 is 37.6 Å². The second kappa shape index (κ2) is 48.5. The molecule has 0 aliphatic heterocycles. The highest BCUT2D eigenvalue weighted by atomic mass is 31.2. The number of rotatable bonds is 51. The Morgan fingerprint density at radius 3 is 1.00 bits per heavy atom. The SMILES string of the molecule is CCCCCCCCCCCCCCCCCCCCCCCCCCCCCCCCC(=O)OC(COC(=O)CCCCCCCCCCCC)COP(=O)(O)OCCN. The number of unbranched alkanes of at least 4 members (excludes halogenated alkanes) is 38. The van der Waals surface area contributed by atoms with Gasteiger partial charge in [-0.2, -0.15) is 0 Å². The zero-order valence-electron chi connectivity index (χ0n) is 40.4. The van der Waals surface area contributed by atoms with Gasteiger partial charge >= 0.3 is 19.8 Å². The molecule has 0 aromatic carbocycles. The summed E-state index contributed by atoms with van der Waals surface area (Å²) in [5, 5.41) is 0. The first kappa shape index (κ1) is 60.0. The molecule has 2 unspecified atom stereocenters. The number of phosphoric acid groups is 1. The number of hydrogen-bond donors (Lipinski definition) is 2. The van der Waals surface area contributed by atoms with Crippen LogP contribution in [0.25, 0.3) is 0 Å². The summed E-state index contributed by atoms with van der Waals surface area (Å²) < 4.78 is 32.8. The van der Waals surface area contributed by atoms with Crippen molar-refractivity contribution in [1.82, 2.24) is 0 Å². The van der Waals surface area contributed by atoms with Gasteiger partial charge in [0.15, 0.2) is 6.10 Å². The monoisotopic (exact) mass is 888 g/mol. The summed E-state index contributed by atoms with van der Waals surface area (Å²) in [6, 6.07) is 0. The maximum atomic E-state index is 12.6. The molecule has 0 heterocycles. The highest BCUT2D eigenvalue weighted by Crippen LogP contribution is 2.43. The Labute approximate surface area is 377 Å². The van der Waals surface area contributed by atoms with Crippen molar-refractivity contribution >= 4 is 19.8 Å². The molecule has 0 aliphatic carbocycles. The standard InChI is InChI=1S/C51H102NO8P/c1-3-5-7-9-11-13-15-16-17-18-19-20-21-22-23-24-25-26-27-28-29-30-31-32-33-34-36-38-40-42-44-51(54)60-49(48-59-61(55,56)58-46-45-52)47-57-50(53)43-41-39-37-35-14-12-10-8-6-4-2/h49H,3-48,52H2,1-2H3,(H,55,56). The number of nitrogens with two attached hydrogens (primary N) is 1. The molecule has 0 rings (SSSR count). The zero-order chi connectivity index (χ0) is 44.6. The smallest absolute Gasteiger partial charge is 0.462 e. The third-order valence-electron chi connectivity index (χ3n) is 12.0. The van der Waals surface area contributed by atoms with E-state index in [1.54, 1.807) is 0 Å². The molecule has 364 valence electrons. The van der Waals surface area contributed by atoms with Gasteiger partial charge in [-0.25, -0.2) is 4.57 Å². The third kappa shape index (κ3) is 48.3. The van der Waals surface area contributed by atoms with Crippen molar-refractivity contribution in [2.24, 2.45) is 5.73 Å². The fourth-order valence-corrected chi connectivity index (χ4v) is 8.82. The van der Waals surface area contributed by atoms with Crippen LogP contribution < -0.4 is 5.73 Å². The second-order valence-corrected chi connectivity index (χ2v) is 19.6. The van der Waals surface area contributed by atoms with Crippen molar-refractivity contribution in [3.63, 3.8) is 0 Å². The molecule has 10 heteroatoms. The van der Waals surface area contributed by atoms with Gasteiger partial charge in [-0.05, 0) is 12.8 Å². The number of esters is 2. The van der Waals surface area contributed by atoms with Gasteiger partial charge in [0.2, 0.25) is 0 Å². The molecule has 0 saturated heterocycles. The molecule has 2 atom stereocenters. The normalized spacial score (nSPS) is 13.0. The van der Waals surface area contributed by atoms with Crippen molar-refractivity contribution in [2.45, 2.75) is 290 Å². The van der Waals surface area contributed by atoms with Crippen molar-refractivity contribution in [1.29, 1.82) is 0 Å². The van der Waals surface area contributed by atoms with Crippen LogP contribution in [0.4, 0.5) is 0 Å². The number of hydrogen-bond acceptors (Lipinski definition) is 8.